The number of nitrogen functional groups attached to an aromatic ring is 1. The van der Waals surface area contributed by atoms with Crippen molar-refractivity contribution in [1.29, 1.82) is 0 Å². The van der Waals surface area contributed by atoms with E-state index in [2.05, 4.69) is 4.98 Å². The maximum Gasteiger partial charge on any atom is 0.231 e. The highest BCUT2D eigenvalue weighted by atomic mass is 16.5. The number of ether oxygens (including phenoxy) is 1. The molecule has 3 rings (SSSR count). The zero-order valence-corrected chi connectivity index (χ0v) is 10.8. The second-order valence-corrected chi connectivity index (χ2v) is 4.45. The summed E-state index contributed by atoms with van der Waals surface area (Å²) >= 11 is 0. The molecule has 0 saturated carbocycles. The molecule has 1 heterocycles. The van der Waals surface area contributed by atoms with Crippen LogP contribution >= 0.6 is 0 Å². The van der Waals surface area contributed by atoms with Gasteiger partial charge in [0.1, 0.15) is 11.3 Å². The van der Waals surface area contributed by atoms with Gasteiger partial charge in [0.15, 0.2) is 5.58 Å². The Morgan fingerprint density at radius 3 is 2.79 bits per heavy atom. The average Bonchev–Trinajstić information content (AvgIpc) is 2.81. The van der Waals surface area contributed by atoms with Gasteiger partial charge in [0, 0.05) is 5.69 Å². The van der Waals surface area contributed by atoms with Gasteiger partial charge in [-0.25, -0.2) is 4.98 Å². The van der Waals surface area contributed by atoms with Crippen molar-refractivity contribution in [3.8, 4) is 17.2 Å². The second kappa shape index (κ2) is 4.31. The van der Waals surface area contributed by atoms with Crippen LogP contribution in [0.2, 0.25) is 0 Å². The highest BCUT2D eigenvalue weighted by Gasteiger charge is 2.13. The molecule has 0 atom stereocenters. The number of benzene rings is 2. The Balaban J connectivity index is 2.18. The fourth-order valence-corrected chi connectivity index (χ4v) is 2.03. The van der Waals surface area contributed by atoms with E-state index < -0.39 is 0 Å². The number of hydrogen-bond acceptors (Lipinski definition) is 4. The van der Waals surface area contributed by atoms with Crippen LogP contribution in [0.1, 0.15) is 5.56 Å². The van der Waals surface area contributed by atoms with Gasteiger partial charge >= 0.3 is 0 Å². The van der Waals surface area contributed by atoms with Crippen molar-refractivity contribution in [3.63, 3.8) is 0 Å². The van der Waals surface area contributed by atoms with Gasteiger partial charge in [-0.2, -0.15) is 0 Å². The zero-order valence-electron chi connectivity index (χ0n) is 10.8. The van der Waals surface area contributed by atoms with Gasteiger partial charge in [-0.05, 0) is 42.8 Å². The van der Waals surface area contributed by atoms with Gasteiger partial charge in [0.05, 0.1) is 12.7 Å². The Kier molecular flexibility index (Phi) is 2.63. The van der Waals surface area contributed by atoms with Crippen LogP contribution in [0.25, 0.3) is 22.6 Å². The monoisotopic (exact) mass is 254 g/mol. The number of methoxy groups -OCH3 is 1. The van der Waals surface area contributed by atoms with Crippen LogP contribution in [0.15, 0.2) is 40.8 Å². The maximum atomic E-state index is 5.74. The molecule has 3 aromatic rings. The van der Waals surface area contributed by atoms with E-state index in [9.17, 15) is 0 Å². The van der Waals surface area contributed by atoms with Crippen molar-refractivity contribution < 1.29 is 9.15 Å². The Labute approximate surface area is 110 Å². The third kappa shape index (κ3) is 2.01. The molecular formula is C15H14N2O2. The lowest BCUT2D eigenvalue weighted by atomic mass is 10.1. The molecule has 2 N–H and O–H groups in total. The molecule has 0 unspecified atom stereocenters. The van der Waals surface area contributed by atoms with E-state index in [1.54, 1.807) is 19.2 Å². The number of rotatable bonds is 2. The first-order valence-corrected chi connectivity index (χ1v) is 5.98. The van der Waals surface area contributed by atoms with E-state index in [1.165, 1.54) is 0 Å². The highest BCUT2D eigenvalue weighted by molar-refractivity contribution is 5.80. The summed E-state index contributed by atoms with van der Waals surface area (Å²) in [6, 6.07) is 11.3. The second-order valence-electron chi connectivity index (χ2n) is 4.45. The van der Waals surface area contributed by atoms with Gasteiger partial charge in [-0.1, -0.05) is 6.07 Å². The number of nitrogens with two attached hydrogens (primary N) is 1. The molecule has 19 heavy (non-hydrogen) atoms. The fraction of sp³-hybridized carbons (Fsp3) is 0.133. The van der Waals surface area contributed by atoms with Crippen LogP contribution < -0.4 is 10.5 Å². The van der Waals surface area contributed by atoms with Gasteiger partial charge in [-0.3, -0.25) is 0 Å². The molecule has 0 radical (unpaired) electrons. The number of aryl methyl sites for hydroxylation is 1. The van der Waals surface area contributed by atoms with E-state index >= 15 is 0 Å². The molecule has 96 valence electrons. The van der Waals surface area contributed by atoms with Crippen LogP contribution in [0.4, 0.5) is 5.69 Å². The molecule has 0 amide bonds. The predicted octanol–water partition coefficient (Wildman–Crippen LogP) is 3.39. The summed E-state index contributed by atoms with van der Waals surface area (Å²) in [7, 11) is 1.64. The van der Waals surface area contributed by atoms with Crippen LogP contribution in [-0.4, -0.2) is 12.1 Å². The molecule has 1 aromatic heterocycles. The van der Waals surface area contributed by atoms with Gasteiger partial charge < -0.3 is 14.9 Å². The molecule has 0 fully saturated rings. The molecule has 0 bridgehead atoms. The van der Waals surface area contributed by atoms with Crippen LogP contribution in [0, 0.1) is 6.92 Å². The fourth-order valence-electron chi connectivity index (χ4n) is 2.03. The van der Waals surface area contributed by atoms with Crippen molar-refractivity contribution in [2.45, 2.75) is 6.92 Å². The summed E-state index contributed by atoms with van der Waals surface area (Å²) in [5.74, 6) is 1.29. The number of anilines is 1. The van der Waals surface area contributed by atoms with E-state index in [0.717, 1.165) is 22.4 Å². The lowest BCUT2D eigenvalue weighted by molar-refractivity contribution is 0.414. The summed E-state index contributed by atoms with van der Waals surface area (Å²) in [6.45, 7) is 2.01. The third-order valence-corrected chi connectivity index (χ3v) is 3.00. The van der Waals surface area contributed by atoms with E-state index in [1.807, 2.05) is 31.2 Å². The van der Waals surface area contributed by atoms with Crippen LogP contribution in [-0.2, 0) is 0 Å². The minimum Gasteiger partial charge on any atom is -0.496 e. The zero-order chi connectivity index (χ0) is 13.4. The largest absolute Gasteiger partial charge is 0.496 e. The van der Waals surface area contributed by atoms with E-state index in [4.69, 9.17) is 14.9 Å². The lowest BCUT2D eigenvalue weighted by Gasteiger charge is -2.05. The average molecular weight is 254 g/mol. The third-order valence-electron chi connectivity index (χ3n) is 3.00. The molecule has 0 spiro atoms. The Hall–Kier alpha value is -2.49. The van der Waals surface area contributed by atoms with Gasteiger partial charge in [-0.15, -0.1) is 0 Å². The number of oxazole rings is 1. The van der Waals surface area contributed by atoms with Gasteiger partial charge in [0.2, 0.25) is 5.89 Å². The van der Waals surface area contributed by atoms with Crippen molar-refractivity contribution in [3.05, 3.63) is 42.0 Å². The summed E-state index contributed by atoms with van der Waals surface area (Å²) in [5.41, 5.74) is 9.84. The molecule has 0 aliphatic rings. The number of aromatic nitrogens is 1. The van der Waals surface area contributed by atoms with Crippen LogP contribution in [0.3, 0.4) is 0 Å². The SMILES string of the molecule is COc1cc(C)ccc1-c1nc2cc(N)ccc2o1. The standard InChI is InChI=1S/C15H14N2O2/c1-9-3-5-11(14(7-9)18-2)15-17-12-8-10(16)4-6-13(12)19-15/h3-8H,16H2,1-2H3. The molecule has 0 saturated heterocycles. The Morgan fingerprint density at radius 1 is 1.16 bits per heavy atom. The Bertz CT molecular complexity index is 747. The highest BCUT2D eigenvalue weighted by Crippen LogP contribution is 2.32. The topological polar surface area (TPSA) is 61.3 Å². The van der Waals surface area contributed by atoms with Crippen molar-refractivity contribution in [1.82, 2.24) is 4.98 Å². The van der Waals surface area contributed by atoms with Gasteiger partial charge in [0.25, 0.3) is 0 Å². The smallest absolute Gasteiger partial charge is 0.231 e. The maximum absolute atomic E-state index is 5.74. The summed E-state index contributed by atoms with van der Waals surface area (Å²) in [4.78, 5) is 4.46. The molecule has 0 aliphatic carbocycles. The first-order chi connectivity index (χ1) is 9.17. The summed E-state index contributed by atoms with van der Waals surface area (Å²) in [5, 5.41) is 0. The number of hydrogen-bond donors (Lipinski definition) is 1. The minimum absolute atomic E-state index is 0.539. The molecule has 0 aliphatic heterocycles. The molecule has 2 aromatic carbocycles. The first-order valence-electron chi connectivity index (χ1n) is 5.98. The first kappa shape index (κ1) is 11.6. The van der Waals surface area contributed by atoms with Crippen molar-refractivity contribution in [2.24, 2.45) is 0 Å². The Morgan fingerprint density at radius 2 is 2.00 bits per heavy atom. The van der Waals surface area contributed by atoms with E-state index in [-0.39, 0.29) is 0 Å². The van der Waals surface area contributed by atoms with E-state index in [0.29, 0.717) is 17.2 Å². The number of nitrogens with zero attached hydrogens (tertiary/aromatic N) is 1. The van der Waals surface area contributed by atoms with Crippen LogP contribution in [0.5, 0.6) is 5.75 Å². The molecular weight excluding hydrogens is 240 g/mol. The lowest BCUT2D eigenvalue weighted by Crippen LogP contribution is -1.88. The normalized spacial score (nSPS) is 10.8. The quantitative estimate of drug-likeness (QED) is 0.712. The summed E-state index contributed by atoms with van der Waals surface area (Å²) in [6.07, 6.45) is 0. The molecule has 4 nitrogen and oxygen atoms in total. The van der Waals surface area contributed by atoms with Crippen molar-refractivity contribution in [2.75, 3.05) is 12.8 Å². The predicted molar refractivity (Wildman–Crippen MR) is 75.1 cm³/mol. The summed E-state index contributed by atoms with van der Waals surface area (Å²) < 4.78 is 11.1. The van der Waals surface area contributed by atoms with Crippen molar-refractivity contribution >= 4 is 16.8 Å². The molecule has 4 heteroatoms. The minimum atomic E-state index is 0.539. The number of fused-ring (bicyclic) bond motifs is 1.